The molecule has 0 aromatic heterocycles. The summed E-state index contributed by atoms with van der Waals surface area (Å²) in [5.74, 6) is 0. The zero-order valence-electron chi connectivity index (χ0n) is 9.55. The molecule has 0 aliphatic carbocycles. The molecule has 4 nitrogen and oxygen atoms in total. The summed E-state index contributed by atoms with van der Waals surface area (Å²) in [5, 5.41) is 10.6. The first kappa shape index (κ1) is 12.9. The van der Waals surface area contributed by atoms with Crippen LogP contribution in [0, 0.1) is 10.1 Å². The summed E-state index contributed by atoms with van der Waals surface area (Å²) in [6.45, 7) is 3.81. The minimum atomic E-state index is -2.18. The van der Waals surface area contributed by atoms with Gasteiger partial charge in [-0.3, -0.25) is 10.1 Å². The van der Waals surface area contributed by atoms with Gasteiger partial charge < -0.3 is 4.57 Å². The van der Waals surface area contributed by atoms with E-state index < -0.39 is 12.1 Å². The fourth-order valence-corrected chi connectivity index (χ4v) is 3.30. The van der Waals surface area contributed by atoms with E-state index in [1.54, 1.807) is 12.1 Å². The molecule has 1 aromatic carbocycles. The number of non-ortho nitro benzene ring substituents is 1. The molecule has 0 bridgehead atoms. The molecule has 0 unspecified atom stereocenters. The molecule has 5 heteroatoms. The number of nitro groups is 1. The van der Waals surface area contributed by atoms with E-state index in [9.17, 15) is 14.7 Å². The standard InChI is InChI=1S/C11H16NO3P/c1-3-16(15,4-2)9-10-6-5-7-11(8-10)12(13)14/h5-8H,3-4,9H2,1-2H3. The average molecular weight is 241 g/mol. The van der Waals surface area contributed by atoms with Gasteiger partial charge in [-0.15, -0.1) is 0 Å². The molecule has 0 saturated heterocycles. The summed E-state index contributed by atoms with van der Waals surface area (Å²) in [5.41, 5.74) is 0.859. The lowest BCUT2D eigenvalue weighted by molar-refractivity contribution is -0.384. The normalized spacial score (nSPS) is 11.4. The van der Waals surface area contributed by atoms with Gasteiger partial charge in [0.05, 0.1) is 12.1 Å². The summed E-state index contributed by atoms with van der Waals surface area (Å²) < 4.78 is 12.2. The van der Waals surface area contributed by atoms with E-state index in [0.717, 1.165) is 5.56 Å². The summed E-state index contributed by atoms with van der Waals surface area (Å²) >= 11 is 0. The van der Waals surface area contributed by atoms with Gasteiger partial charge in [0.25, 0.3) is 5.69 Å². The molecule has 0 N–H and O–H groups in total. The van der Waals surface area contributed by atoms with E-state index in [2.05, 4.69) is 0 Å². The predicted molar refractivity (Wildman–Crippen MR) is 65.5 cm³/mol. The molecule has 0 aliphatic rings. The lowest BCUT2D eigenvalue weighted by atomic mass is 10.2. The van der Waals surface area contributed by atoms with Gasteiger partial charge in [0, 0.05) is 18.3 Å². The van der Waals surface area contributed by atoms with Crippen LogP contribution in [0.5, 0.6) is 0 Å². The van der Waals surface area contributed by atoms with Gasteiger partial charge in [0.1, 0.15) is 0 Å². The Kier molecular flexibility index (Phi) is 4.25. The monoisotopic (exact) mass is 241 g/mol. The van der Waals surface area contributed by atoms with Gasteiger partial charge in [0.2, 0.25) is 0 Å². The third-order valence-corrected chi connectivity index (χ3v) is 5.99. The molecule has 1 aromatic rings. The molecule has 0 spiro atoms. The van der Waals surface area contributed by atoms with E-state index in [0.29, 0.717) is 18.5 Å². The Bertz CT molecular complexity index is 423. The molecule has 16 heavy (non-hydrogen) atoms. The molecular formula is C11H16NO3P. The van der Waals surface area contributed by atoms with Crippen molar-refractivity contribution in [2.75, 3.05) is 12.3 Å². The summed E-state index contributed by atoms with van der Waals surface area (Å²) in [7, 11) is -2.18. The fraction of sp³-hybridized carbons (Fsp3) is 0.455. The number of hydrogen-bond acceptors (Lipinski definition) is 3. The molecule has 0 radical (unpaired) electrons. The fourth-order valence-electron chi connectivity index (χ4n) is 1.55. The maximum Gasteiger partial charge on any atom is 0.269 e. The van der Waals surface area contributed by atoms with Crippen LogP contribution >= 0.6 is 7.14 Å². The molecule has 0 heterocycles. The Hall–Kier alpha value is -1.15. The SMILES string of the molecule is CCP(=O)(CC)Cc1cccc([N+](=O)[O-])c1. The number of nitro benzene ring substituents is 1. The molecule has 0 saturated carbocycles. The van der Waals surface area contributed by atoms with Crippen LogP contribution < -0.4 is 0 Å². The Morgan fingerprint density at radius 3 is 2.44 bits per heavy atom. The zero-order valence-corrected chi connectivity index (χ0v) is 10.4. The summed E-state index contributed by atoms with van der Waals surface area (Å²) in [6, 6.07) is 6.40. The maximum atomic E-state index is 12.2. The van der Waals surface area contributed by atoms with Crippen LogP contribution in [0.3, 0.4) is 0 Å². The first-order valence-electron chi connectivity index (χ1n) is 5.31. The molecular weight excluding hydrogens is 225 g/mol. The van der Waals surface area contributed by atoms with Crippen LogP contribution in [0.15, 0.2) is 24.3 Å². The van der Waals surface area contributed by atoms with E-state index >= 15 is 0 Å². The Morgan fingerprint density at radius 2 is 1.94 bits per heavy atom. The van der Waals surface area contributed by atoms with Crippen molar-refractivity contribution in [1.29, 1.82) is 0 Å². The number of rotatable bonds is 5. The quantitative estimate of drug-likeness (QED) is 0.450. The van der Waals surface area contributed by atoms with Crippen molar-refractivity contribution >= 4 is 12.8 Å². The van der Waals surface area contributed by atoms with Gasteiger partial charge in [-0.25, -0.2) is 0 Å². The number of nitrogens with zero attached hydrogens (tertiary/aromatic N) is 1. The van der Waals surface area contributed by atoms with E-state index in [4.69, 9.17) is 0 Å². The van der Waals surface area contributed by atoms with Gasteiger partial charge >= 0.3 is 0 Å². The maximum absolute atomic E-state index is 12.2. The van der Waals surface area contributed by atoms with E-state index in [1.165, 1.54) is 12.1 Å². The lowest BCUT2D eigenvalue weighted by Gasteiger charge is -2.13. The minimum Gasteiger partial charge on any atom is -0.323 e. The van der Waals surface area contributed by atoms with Crippen molar-refractivity contribution in [2.24, 2.45) is 0 Å². The van der Waals surface area contributed by atoms with Crippen molar-refractivity contribution in [2.45, 2.75) is 20.0 Å². The molecule has 1 rings (SSSR count). The highest BCUT2D eigenvalue weighted by atomic mass is 31.2. The second kappa shape index (κ2) is 5.26. The third-order valence-electron chi connectivity index (χ3n) is 2.74. The summed E-state index contributed by atoms with van der Waals surface area (Å²) in [4.78, 5) is 10.2. The van der Waals surface area contributed by atoms with Gasteiger partial charge in [-0.05, 0) is 17.9 Å². The van der Waals surface area contributed by atoms with Crippen LogP contribution in [0.4, 0.5) is 5.69 Å². The predicted octanol–water partition coefficient (Wildman–Crippen LogP) is 3.50. The first-order valence-corrected chi connectivity index (χ1v) is 7.57. The number of benzene rings is 1. The van der Waals surface area contributed by atoms with Crippen LogP contribution in [-0.2, 0) is 10.7 Å². The van der Waals surface area contributed by atoms with Crippen LogP contribution in [0.1, 0.15) is 19.4 Å². The Balaban J connectivity index is 2.93. The largest absolute Gasteiger partial charge is 0.323 e. The van der Waals surface area contributed by atoms with E-state index in [1.807, 2.05) is 13.8 Å². The van der Waals surface area contributed by atoms with Gasteiger partial charge in [-0.2, -0.15) is 0 Å². The van der Waals surface area contributed by atoms with Crippen molar-refractivity contribution in [3.63, 3.8) is 0 Å². The lowest BCUT2D eigenvalue weighted by Crippen LogP contribution is -1.95. The highest BCUT2D eigenvalue weighted by Crippen LogP contribution is 2.48. The molecule has 0 atom stereocenters. The Labute approximate surface area is 95.2 Å². The minimum absolute atomic E-state index is 0.0660. The first-order chi connectivity index (χ1) is 7.50. The zero-order chi connectivity index (χ0) is 12.2. The third kappa shape index (κ3) is 3.17. The topological polar surface area (TPSA) is 60.2 Å². The molecule has 0 amide bonds. The highest BCUT2D eigenvalue weighted by Gasteiger charge is 2.18. The second-order valence-electron chi connectivity index (χ2n) is 3.78. The van der Waals surface area contributed by atoms with Gasteiger partial charge in [0.15, 0.2) is 0 Å². The highest BCUT2D eigenvalue weighted by molar-refractivity contribution is 7.63. The van der Waals surface area contributed by atoms with Crippen LogP contribution in [-0.4, -0.2) is 17.2 Å². The van der Waals surface area contributed by atoms with E-state index in [-0.39, 0.29) is 5.69 Å². The molecule has 0 fully saturated rings. The van der Waals surface area contributed by atoms with Crippen molar-refractivity contribution in [1.82, 2.24) is 0 Å². The molecule has 0 aliphatic heterocycles. The van der Waals surface area contributed by atoms with Crippen LogP contribution in [0.25, 0.3) is 0 Å². The number of hydrogen-bond donors (Lipinski definition) is 0. The molecule has 88 valence electrons. The average Bonchev–Trinajstić information content (AvgIpc) is 2.29. The second-order valence-corrected chi connectivity index (χ2v) is 7.47. The van der Waals surface area contributed by atoms with Crippen molar-refractivity contribution in [3.05, 3.63) is 39.9 Å². The van der Waals surface area contributed by atoms with Crippen molar-refractivity contribution in [3.8, 4) is 0 Å². The Morgan fingerprint density at radius 1 is 1.31 bits per heavy atom. The smallest absolute Gasteiger partial charge is 0.269 e. The van der Waals surface area contributed by atoms with Gasteiger partial charge in [-0.1, -0.05) is 26.0 Å². The van der Waals surface area contributed by atoms with Crippen molar-refractivity contribution < 1.29 is 9.49 Å². The summed E-state index contributed by atoms with van der Waals surface area (Å²) in [6.07, 6.45) is 1.75. The van der Waals surface area contributed by atoms with Crippen LogP contribution in [0.2, 0.25) is 0 Å².